The number of amidine groups is 2. The van der Waals surface area contributed by atoms with Gasteiger partial charge in [0.15, 0.2) is 11.9 Å². The summed E-state index contributed by atoms with van der Waals surface area (Å²) in [5.41, 5.74) is 5.95. The Labute approximate surface area is 114 Å². The molecular formula is C13H22N6. The van der Waals surface area contributed by atoms with Crippen molar-refractivity contribution in [3.8, 4) is 0 Å². The maximum absolute atomic E-state index is 5.95. The van der Waals surface area contributed by atoms with E-state index in [4.69, 9.17) is 5.73 Å². The van der Waals surface area contributed by atoms with Crippen LogP contribution in [-0.2, 0) is 0 Å². The molecule has 2 heterocycles. The van der Waals surface area contributed by atoms with Crippen molar-refractivity contribution in [3.63, 3.8) is 0 Å². The number of nitrogens with zero attached hydrogens (tertiary/aromatic N) is 5. The average molecular weight is 262 g/mol. The van der Waals surface area contributed by atoms with Gasteiger partial charge in [0.25, 0.3) is 0 Å². The van der Waals surface area contributed by atoms with Crippen LogP contribution in [0.15, 0.2) is 20.0 Å². The van der Waals surface area contributed by atoms with E-state index in [0.29, 0.717) is 17.6 Å². The maximum Gasteiger partial charge on any atom is 0.228 e. The van der Waals surface area contributed by atoms with Gasteiger partial charge < -0.3 is 10.6 Å². The van der Waals surface area contributed by atoms with Crippen LogP contribution in [0.5, 0.6) is 0 Å². The van der Waals surface area contributed by atoms with E-state index in [1.165, 1.54) is 6.34 Å². The van der Waals surface area contributed by atoms with Gasteiger partial charge in [0.2, 0.25) is 5.96 Å². The molecule has 0 spiro atoms. The van der Waals surface area contributed by atoms with Crippen LogP contribution in [0.4, 0.5) is 0 Å². The molecule has 2 N–H and O–H groups in total. The number of hydrogen-bond acceptors (Lipinski definition) is 6. The predicted octanol–water partition coefficient (Wildman–Crippen LogP) is 1.42. The van der Waals surface area contributed by atoms with Crippen LogP contribution < -0.4 is 5.73 Å². The van der Waals surface area contributed by atoms with Gasteiger partial charge in [0, 0.05) is 13.1 Å². The first kappa shape index (κ1) is 13.7. The summed E-state index contributed by atoms with van der Waals surface area (Å²) in [4.78, 5) is 19.4. The molecule has 104 valence electrons. The normalized spacial score (nSPS) is 20.7. The van der Waals surface area contributed by atoms with Crippen LogP contribution in [0.2, 0.25) is 0 Å². The Balaban J connectivity index is 2.12. The predicted molar refractivity (Wildman–Crippen MR) is 80.2 cm³/mol. The van der Waals surface area contributed by atoms with Crippen molar-refractivity contribution in [1.29, 1.82) is 0 Å². The molecule has 1 atom stereocenters. The summed E-state index contributed by atoms with van der Waals surface area (Å²) in [5.74, 6) is 1.86. The summed E-state index contributed by atoms with van der Waals surface area (Å²) in [6, 6.07) is -0.261. The van der Waals surface area contributed by atoms with E-state index in [9.17, 15) is 0 Å². The minimum atomic E-state index is -0.261. The number of unbranched alkanes of at least 4 members (excludes halogenated alkanes) is 2. The number of nitrogens with two attached hydrogens (primary N) is 1. The fourth-order valence-electron chi connectivity index (χ4n) is 2.05. The largest absolute Gasteiger partial charge is 0.385 e. The quantitative estimate of drug-likeness (QED) is 0.785. The van der Waals surface area contributed by atoms with Crippen molar-refractivity contribution in [2.45, 2.75) is 45.6 Å². The zero-order valence-corrected chi connectivity index (χ0v) is 11.7. The molecule has 6 nitrogen and oxygen atoms in total. The molecule has 0 bridgehead atoms. The highest BCUT2D eigenvalue weighted by atomic mass is 15.3. The fourth-order valence-corrected chi connectivity index (χ4v) is 2.05. The lowest BCUT2D eigenvalue weighted by Gasteiger charge is -2.26. The second-order valence-electron chi connectivity index (χ2n) is 4.80. The molecule has 0 saturated carbocycles. The molecule has 0 aromatic heterocycles. The third kappa shape index (κ3) is 3.19. The van der Waals surface area contributed by atoms with Crippen LogP contribution >= 0.6 is 0 Å². The number of hydrogen-bond donors (Lipinski definition) is 1. The highest BCUT2D eigenvalue weighted by molar-refractivity contribution is 6.22. The molecule has 0 aromatic carbocycles. The van der Waals surface area contributed by atoms with Crippen molar-refractivity contribution >= 4 is 24.0 Å². The lowest BCUT2D eigenvalue weighted by atomic mass is 10.2. The second-order valence-corrected chi connectivity index (χ2v) is 4.80. The molecule has 19 heavy (non-hydrogen) atoms. The summed E-state index contributed by atoms with van der Waals surface area (Å²) >= 11 is 0. The molecule has 6 heteroatoms. The first-order valence-electron chi connectivity index (χ1n) is 7.03. The van der Waals surface area contributed by atoms with Gasteiger partial charge in [-0.3, -0.25) is 4.99 Å². The van der Waals surface area contributed by atoms with E-state index < -0.39 is 0 Å². The van der Waals surface area contributed by atoms with Crippen LogP contribution in [-0.4, -0.2) is 48.0 Å². The summed E-state index contributed by atoms with van der Waals surface area (Å²) in [5, 5.41) is 0. The van der Waals surface area contributed by atoms with Crippen LogP contribution in [0.3, 0.4) is 0 Å². The SMILES string of the molecule is CCCCN(CCCC)C1=NC2=NC=NC2C(N)=N1. The van der Waals surface area contributed by atoms with Gasteiger partial charge in [0.05, 0.1) is 0 Å². The smallest absolute Gasteiger partial charge is 0.228 e. The molecule has 0 saturated heterocycles. The number of aliphatic imine (C=N–C) groups is 4. The zero-order chi connectivity index (χ0) is 13.7. The molecule has 0 amide bonds. The van der Waals surface area contributed by atoms with Crippen molar-refractivity contribution < 1.29 is 0 Å². The van der Waals surface area contributed by atoms with Crippen LogP contribution in [0.25, 0.3) is 0 Å². The van der Waals surface area contributed by atoms with E-state index in [2.05, 4.69) is 38.7 Å². The van der Waals surface area contributed by atoms with E-state index in [1.54, 1.807) is 0 Å². The highest BCUT2D eigenvalue weighted by Gasteiger charge is 2.28. The highest BCUT2D eigenvalue weighted by Crippen LogP contribution is 2.12. The van der Waals surface area contributed by atoms with Crippen molar-refractivity contribution in [3.05, 3.63) is 0 Å². The van der Waals surface area contributed by atoms with E-state index >= 15 is 0 Å². The minimum absolute atomic E-state index is 0.261. The Bertz CT molecular complexity index is 426. The first-order chi connectivity index (χ1) is 9.26. The molecule has 2 aliphatic heterocycles. The minimum Gasteiger partial charge on any atom is -0.385 e. The molecule has 0 aliphatic carbocycles. The lowest BCUT2D eigenvalue weighted by molar-refractivity contribution is 0.394. The number of rotatable bonds is 6. The van der Waals surface area contributed by atoms with E-state index in [1.807, 2.05) is 0 Å². The maximum atomic E-state index is 5.95. The van der Waals surface area contributed by atoms with Gasteiger partial charge in [0.1, 0.15) is 12.2 Å². The topological polar surface area (TPSA) is 78.7 Å². The second kappa shape index (κ2) is 6.45. The Hall–Kier alpha value is -1.72. The summed E-state index contributed by atoms with van der Waals surface area (Å²) in [6.07, 6.45) is 6.08. The molecular weight excluding hydrogens is 240 g/mol. The van der Waals surface area contributed by atoms with Crippen molar-refractivity contribution in [1.82, 2.24) is 4.90 Å². The fraction of sp³-hybridized carbons (Fsp3) is 0.692. The van der Waals surface area contributed by atoms with Gasteiger partial charge in [-0.15, -0.1) is 0 Å². The van der Waals surface area contributed by atoms with Crippen molar-refractivity contribution in [2.24, 2.45) is 25.7 Å². The third-order valence-electron chi connectivity index (χ3n) is 3.22. The first-order valence-corrected chi connectivity index (χ1v) is 7.03. The lowest BCUT2D eigenvalue weighted by Crippen LogP contribution is -2.42. The Kier molecular flexibility index (Phi) is 4.65. The number of guanidine groups is 1. The van der Waals surface area contributed by atoms with Gasteiger partial charge in [-0.1, -0.05) is 26.7 Å². The van der Waals surface area contributed by atoms with Gasteiger partial charge in [-0.25, -0.2) is 4.99 Å². The summed E-state index contributed by atoms with van der Waals surface area (Å²) in [6.45, 7) is 6.29. The molecule has 1 unspecified atom stereocenters. The Morgan fingerprint density at radius 2 is 1.84 bits per heavy atom. The van der Waals surface area contributed by atoms with Gasteiger partial charge in [-0.2, -0.15) is 9.98 Å². The molecule has 2 rings (SSSR count). The van der Waals surface area contributed by atoms with E-state index in [0.717, 1.165) is 38.8 Å². The standard InChI is InChI=1S/C13H22N6/c1-3-5-7-19(8-6-4-2)13-17-11(14)10-12(18-13)16-9-15-10/h9-10H,3-8H2,1-2H3,(H2,14,15,16,17,18). The molecule has 0 aromatic rings. The Morgan fingerprint density at radius 3 is 2.47 bits per heavy atom. The summed E-state index contributed by atoms with van der Waals surface area (Å²) < 4.78 is 0. The summed E-state index contributed by atoms with van der Waals surface area (Å²) in [7, 11) is 0. The van der Waals surface area contributed by atoms with Crippen LogP contribution in [0.1, 0.15) is 39.5 Å². The van der Waals surface area contributed by atoms with Crippen LogP contribution in [0, 0.1) is 0 Å². The number of fused-ring (bicyclic) bond motifs is 1. The van der Waals surface area contributed by atoms with E-state index in [-0.39, 0.29) is 6.04 Å². The Morgan fingerprint density at radius 1 is 1.16 bits per heavy atom. The van der Waals surface area contributed by atoms with Gasteiger partial charge in [-0.05, 0) is 12.8 Å². The monoisotopic (exact) mass is 262 g/mol. The molecule has 2 aliphatic rings. The van der Waals surface area contributed by atoms with Crippen molar-refractivity contribution in [2.75, 3.05) is 13.1 Å². The molecule has 0 fully saturated rings. The molecule has 0 radical (unpaired) electrons. The third-order valence-corrected chi connectivity index (χ3v) is 3.22. The van der Waals surface area contributed by atoms with Gasteiger partial charge >= 0.3 is 0 Å². The zero-order valence-electron chi connectivity index (χ0n) is 11.7. The average Bonchev–Trinajstić information content (AvgIpc) is 2.88.